The Morgan fingerprint density at radius 1 is 1.04 bits per heavy atom. The molecule has 1 aromatic rings. The quantitative estimate of drug-likeness (QED) is 0.895. The zero-order valence-electron chi connectivity index (χ0n) is 15.6. The summed E-state index contributed by atoms with van der Waals surface area (Å²) in [7, 11) is 4.43. The molecule has 2 atom stereocenters. The van der Waals surface area contributed by atoms with Gasteiger partial charge >= 0.3 is 0 Å². The number of benzene rings is 1. The molecule has 0 bridgehead atoms. The van der Waals surface area contributed by atoms with Gasteiger partial charge in [-0.25, -0.2) is 0 Å². The molecule has 0 spiro atoms. The maximum atomic E-state index is 3.58. The first-order valence-corrected chi connectivity index (χ1v) is 9.88. The lowest BCUT2D eigenvalue weighted by molar-refractivity contribution is 0.264. The highest BCUT2D eigenvalue weighted by Gasteiger charge is 2.24. The normalized spacial score (nSPS) is 26.5. The molecule has 3 heteroatoms. The fraction of sp³-hybridized carbons (Fsp3) is 0.714. The molecule has 2 aliphatic rings. The van der Waals surface area contributed by atoms with E-state index in [0.29, 0.717) is 0 Å². The molecule has 2 saturated heterocycles. The zero-order valence-corrected chi connectivity index (χ0v) is 15.6. The fourth-order valence-corrected chi connectivity index (χ4v) is 4.30. The third kappa shape index (κ3) is 5.05. The molecule has 1 N–H and O–H groups in total. The second kappa shape index (κ2) is 8.98. The van der Waals surface area contributed by atoms with Gasteiger partial charge in [-0.1, -0.05) is 37.1 Å². The highest BCUT2D eigenvalue weighted by molar-refractivity contribution is 5.27. The molecule has 0 saturated carbocycles. The summed E-state index contributed by atoms with van der Waals surface area (Å²) in [6.07, 6.45) is 8.05. The van der Waals surface area contributed by atoms with Crippen molar-refractivity contribution in [1.82, 2.24) is 15.1 Å². The molecule has 24 heavy (non-hydrogen) atoms. The van der Waals surface area contributed by atoms with Crippen molar-refractivity contribution in [1.29, 1.82) is 0 Å². The smallest absolute Gasteiger partial charge is 0.0237 e. The van der Waals surface area contributed by atoms with Crippen molar-refractivity contribution in [2.24, 2.45) is 5.92 Å². The molecule has 2 heterocycles. The first-order chi connectivity index (χ1) is 11.7. The van der Waals surface area contributed by atoms with Gasteiger partial charge in [0.25, 0.3) is 0 Å². The van der Waals surface area contributed by atoms with Gasteiger partial charge in [0.2, 0.25) is 0 Å². The third-order valence-electron chi connectivity index (χ3n) is 5.94. The Hall–Kier alpha value is -0.900. The molecule has 1 unspecified atom stereocenters. The van der Waals surface area contributed by atoms with Crippen LogP contribution in [-0.4, -0.2) is 56.1 Å². The monoisotopic (exact) mass is 329 g/mol. The van der Waals surface area contributed by atoms with Crippen LogP contribution in [0.2, 0.25) is 0 Å². The minimum Gasteiger partial charge on any atom is -0.317 e. The molecule has 3 rings (SSSR count). The molecular formula is C21H35N3. The molecule has 0 aromatic heterocycles. The maximum absolute atomic E-state index is 3.58. The number of nitrogens with zero attached hydrogens (tertiary/aromatic N) is 2. The highest BCUT2D eigenvalue weighted by atomic mass is 15.2. The van der Waals surface area contributed by atoms with E-state index in [9.17, 15) is 0 Å². The summed E-state index contributed by atoms with van der Waals surface area (Å²) in [6.45, 7) is 6.00. The predicted molar refractivity (Wildman–Crippen MR) is 102 cm³/mol. The third-order valence-corrected chi connectivity index (χ3v) is 5.94. The topological polar surface area (TPSA) is 18.5 Å². The van der Waals surface area contributed by atoms with Crippen LogP contribution >= 0.6 is 0 Å². The standard InChI is InChI=1S/C21H35N3/c1-23(2)21-11-14-24(17-21)16-20-9-4-3-8-19(20)15-18-7-5-6-12-22-13-10-18/h3-4,8-9,18,21-22H,5-7,10-17H2,1-2H3/t18?,21-/m1/s1. The molecule has 2 aliphatic heterocycles. The minimum atomic E-state index is 0.730. The Kier molecular flexibility index (Phi) is 6.70. The van der Waals surface area contributed by atoms with Gasteiger partial charge in [-0.2, -0.15) is 0 Å². The summed E-state index contributed by atoms with van der Waals surface area (Å²) in [5.74, 6) is 0.854. The number of rotatable bonds is 5. The summed E-state index contributed by atoms with van der Waals surface area (Å²) >= 11 is 0. The summed E-state index contributed by atoms with van der Waals surface area (Å²) in [6, 6.07) is 9.92. The van der Waals surface area contributed by atoms with Crippen molar-refractivity contribution >= 4 is 0 Å². The van der Waals surface area contributed by atoms with Gasteiger partial charge in [0.05, 0.1) is 0 Å². The molecular weight excluding hydrogens is 294 g/mol. The summed E-state index contributed by atoms with van der Waals surface area (Å²) in [5.41, 5.74) is 3.16. The lowest BCUT2D eigenvalue weighted by Gasteiger charge is -2.24. The Morgan fingerprint density at radius 2 is 1.88 bits per heavy atom. The van der Waals surface area contributed by atoms with E-state index in [4.69, 9.17) is 0 Å². The van der Waals surface area contributed by atoms with E-state index in [0.717, 1.165) is 18.5 Å². The number of likely N-dealkylation sites (N-methyl/N-ethyl adjacent to an activating group) is 1. The summed E-state index contributed by atoms with van der Waals surface area (Å²) < 4.78 is 0. The molecule has 0 amide bonds. The van der Waals surface area contributed by atoms with Crippen LogP contribution in [-0.2, 0) is 13.0 Å². The van der Waals surface area contributed by atoms with Crippen molar-refractivity contribution < 1.29 is 0 Å². The average Bonchev–Trinajstić information content (AvgIpc) is 3.00. The van der Waals surface area contributed by atoms with Gasteiger partial charge in [0.1, 0.15) is 0 Å². The second-order valence-electron chi connectivity index (χ2n) is 8.01. The van der Waals surface area contributed by atoms with Crippen LogP contribution in [0, 0.1) is 5.92 Å². The van der Waals surface area contributed by atoms with E-state index in [2.05, 4.69) is 53.5 Å². The molecule has 3 nitrogen and oxygen atoms in total. The second-order valence-corrected chi connectivity index (χ2v) is 8.01. The van der Waals surface area contributed by atoms with E-state index in [-0.39, 0.29) is 0 Å². The van der Waals surface area contributed by atoms with Crippen LogP contribution in [0.1, 0.15) is 43.2 Å². The van der Waals surface area contributed by atoms with E-state index in [1.54, 1.807) is 11.1 Å². The van der Waals surface area contributed by atoms with Gasteiger partial charge in [-0.3, -0.25) is 4.90 Å². The maximum Gasteiger partial charge on any atom is 0.0237 e. The van der Waals surface area contributed by atoms with Crippen molar-refractivity contribution in [3.8, 4) is 0 Å². The van der Waals surface area contributed by atoms with E-state index < -0.39 is 0 Å². The van der Waals surface area contributed by atoms with Crippen LogP contribution in [0.4, 0.5) is 0 Å². The summed E-state index contributed by atoms with van der Waals surface area (Å²) in [4.78, 5) is 5.02. The highest BCUT2D eigenvalue weighted by Crippen LogP contribution is 2.24. The van der Waals surface area contributed by atoms with Crippen molar-refractivity contribution in [2.45, 2.75) is 51.1 Å². The Bertz CT molecular complexity index is 492. The van der Waals surface area contributed by atoms with Crippen LogP contribution in [0.15, 0.2) is 24.3 Å². The first-order valence-electron chi connectivity index (χ1n) is 9.88. The summed E-state index contributed by atoms with van der Waals surface area (Å²) in [5, 5.41) is 3.58. The van der Waals surface area contributed by atoms with Crippen LogP contribution in [0.3, 0.4) is 0 Å². The predicted octanol–water partition coefficient (Wildman–Crippen LogP) is 3.14. The number of likely N-dealkylation sites (tertiary alicyclic amines) is 1. The van der Waals surface area contributed by atoms with Crippen LogP contribution in [0.25, 0.3) is 0 Å². The van der Waals surface area contributed by atoms with Crippen LogP contribution < -0.4 is 5.32 Å². The van der Waals surface area contributed by atoms with Gasteiger partial charge in [-0.15, -0.1) is 0 Å². The Morgan fingerprint density at radius 3 is 2.67 bits per heavy atom. The fourth-order valence-electron chi connectivity index (χ4n) is 4.30. The lowest BCUT2D eigenvalue weighted by atomic mass is 9.88. The largest absolute Gasteiger partial charge is 0.317 e. The number of nitrogens with one attached hydrogen (secondary N) is 1. The zero-order chi connectivity index (χ0) is 16.8. The van der Waals surface area contributed by atoms with Gasteiger partial charge in [0.15, 0.2) is 0 Å². The molecule has 134 valence electrons. The SMILES string of the molecule is CN(C)[C@@H]1CCN(Cc2ccccc2CC2CCCCNCC2)C1. The van der Waals surface area contributed by atoms with Crippen molar-refractivity contribution in [2.75, 3.05) is 40.3 Å². The van der Waals surface area contributed by atoms with Crippen molar-refractivity contribution in [3.05, 3.63) is 35.4 Å². The van der Waals surface area contributed by atoms with Crippen LogP contribution in [0.5, 0.6) is 0 Å². The number of hydrogen-bond donors (Lipinski definition) is 1. The van der Waals surface area contributed by atoms with E-state index in [1.807, 2.05) is 0 Å². The Balaban J connectivity index is 1.60. The Labute approximate surface area is 148 Å². The van der Waals surface area contributed by atoms with Gasteiger partial charge < -0.3 is 10.2 Å². The first kappa shape index (κ1) is 17.9. The van der Waals surface area contributed by atoms with Gasteiger partial charge in [-0.05, 0) is 69.9 Å². The average molecular weight is 330 g/mol. The molecule has 0 aliphatic carbocycles. The van der Waals surface area contributed by atoms with E-state index >= 15 is 0 Å². The minimum absolute atomic E-state index is 0.730. The molecule has 1 aromatic carbocycles. The molecule has 0 radical (unpaired) electrons. The lowest BCUT2D eigenvalue weighted by Crippen LogP contribution is -2.31. The molecule has 2 fully saturated rings. The van der Waals surface area contributed by atoms with Gasteiger partial charge in [0, 0.05) is 25.7 Å². The number of hydrogen-bond acceptors (Lipinski definition) is 3. The van der Waals surface area contributed by atoms with Crippen molar-refractivity contribution in [3.63, 3.8) is 0 Å². The van der Waals surface area contributed by atoms with E-state index in [1.165, 1.54) is 64.7 Å².